The highest BCUT2D eigenvalue weighted by Crippen LogP contribution is 2.19. The summed E-state index contributed by atoms with van der Waals surface area (Å²) in [7, 11) is 0. The van der Waals surface area contributed by atoms with Gasteiger partial charge in [0.15, 0.2) is 0 Å². The van der Waals surface area contributed by atoms with Crippen LogP contribution in [0.3, 0.4) is 0 Å². The average molecular weight is 372 g/mol. The van der Waals surface area contributed by atoms with Gasteiger partial charge in [0.2, 0.25) is 5.91 Å². The maximum atomic E-state index is 12.8. The van der Waals surface area contributed by atoms with Crippen LogP contribution in [0.15, 0.2) is 28.8 Å². The maximum Gasteiger partial charge on any atom is 0.254 e. The van der Waals surface area contributed by atoms with Gasteiger partial charge in [-0.25, -0.2) is 0 Å². The van der Waals surface area contributed by atoms with E-state index in [1.54, 1.807) is 23.1 Å². The van der Waals surface area contributed by atoms with Gasteiger partial charge >= 0.3 is 0 Å². The lowest BCUT2D eigenvalue weighted by molar-refractivity contribution is -0.119. The number of ether oxygens (including phenoxy) is 1. The molecule has 8 heteroatoms. The van der Waals surface area contributed by atoms with Gasteiger partial charge in [-0.1, -0.05) is 11.2 Å². The minimum absolute atomic E-state index is 0.0449. The standard InChI is InChI=1S/C19H24N4O4/c1-13-17(14(2)27-21-13)12-26-16-5-3-4-15(10-16)19(25)23-8-6-22(7-9-23)11-18(20)24/h3-5,10H,6-9,11-12H2,1-2H3,(H2,20,24). The van der Waals surface area contributed by atoms with Crippen molar-refractivity contribution in [1.29, 1.82) is 0 Å². The van der Waals surface area contributed by atoms with Crippen LogP contribution in [0.25, 0.3) is 0 Å². The highest BCUT2D eigenvalue weighted by Gasteiger charge is 2.23. The monoisotopic (exact) mass is 372 g/mol. The van der Waals surface area contributed by atoms with Crippen LogP contribution in [0.4, 0.5) is 0 Å². The Bertz CT molecular complexity index is 805. The van der Waals surface area contributed by atoms with Crippen molar-refractivity contribution >= 4 is 11.8 Å². The third-order valence-electron chi connectivity index (χ3n) is 4.68. The smallest absolute Gasteiger partial charge is 0.254 e. The van der Waals surface area contributed by atoms with Gasteiger partial charge in [0.1, 0.15) is 18.1 Å². The number of hydrogen-bond donors (Lipinski definition) is 1. The van der Waals surface area contributed by atoms with E-state index in [0.29, 0.717) is 44.1 Å². The Morgan fingerprint density at radius 1 is 1.22 bits per heavy atom. The second-order valence-electron chi connectivity index (χ2n) is 6.65. The fourth-order valence-electron chi connectivity index (χ4n) is 3.09. The third kappa shape index (κ3) is 4.65. The molecule has 2 aromatic rings. The van der Waals surface area contributed by atoms with E-state index in [0.717, 1.165) is 17.0 Å². The van der Waals surface area contributed by atoms with E-state index in [1.165, 1.54) is 0 Å². The zero-order valence-electron chi connectivity index (χ0n) is 15.6. The number of carbonyl (C=O) groups excluding carboxylic acids is 2. The summed E-state index contributed by atoms with van der Waals surface area (Å²) in [5.41, 5.74) is 7.51. The van der Waals surface area contributed by atoms with Crippen molar-refractivity contribution in [3.05, 3.63) is 46.8 Å². The zero-order valence-corrected chi connectivity index (χ0v) is 15.6. The zero-order chi connectivity index (χ0) is 19.4. The van der Waals surface area contributed by atoms with Crippen molar-refractivity contribution in [2.24, 2.45) is 5.73 Å². The Morgan fingerprint density at radius 2 is 1.96 bits per heavy atom. The summed E-state index contributed by atoms with van der Waals surface area (Å²) in [6.07, 6.45) is 0. The minimum Gasteiger partial charge on any atom is -0.489 e. The Morgan fingerprint density at radius 3 is 2.59 bits per heavy atom. The number of hydrogen-bond acceptors (Lipinski definition) is 6. The molecule has 2 heterocycles. The van der Waals surface area contributed by atoms with E-state index < -0.39 is 0 Å². The van der Waals surface area contributed by atoms with Crippen molar-refractivity contribution < 1.29 is 18.8 Å². The average Bonchev–Trinajstić information content (AvgIpc) is 2.98. The van der Waals surface area contributed by atoms with Crippen molar-refractivity contribution in [3.8, 4) is 5.75 Å². The quantitative estimate of drug-likeness (QED) is 0.815. The van der Waals surface area contributed by atoms with Crippen LogP contribution in [0.5, 0.6) is 5.75 Å². The van der Waals surface area contributed by atoms with Crippen LogP contribution in [0, 0.1) is 13.8 Å². The molecular weight excluding hydrogens is 348 g/mol. The van der Waals surface area contributed by atoms with E-state index in [-0.39, 0.29) is 18.4 Å². The number of nitrogens with zero attached hydrogens (tertiary/aromatic N) is 3. The molecule has 1 aliphatic heterocycles. The molecule has 0 saturated carbocycles. The summed E-state index contributed by atoms with van der Waals surface area (Å²) in [4.78, 5) is 27.5. The van der Waals surface area contributed by atoms with Crippen LogP contribution in [0.1, 0.15) is 27.4 Å². The lowest BCUT2D eigenvalue weighted by Gasteiger charge is -2.34. The van der Waals surface area contributed by atoms with Crippen LogP contribution in [0.2, 0.25) is 0 Å². The maximum absolute atomic E-state index is 12.8. The van der Waals surface area contributed by atoms with Crippen LogP contribution in [-0.4, -0.2) is 59.5 Å². The molecule has 0 spiro atoms. The summed E-state index contributed by atoms with van der Waals surface area (Å²) in [5, 5.41) is 3.91. The van der Waals surface area contributed by atoms with Gasteiger partial charge in [-0.3, -0.25) is 14.5 Å². The number of aryl methyl sites for hydroxylation is 2. The molecule has 0 atom stereocenters. The fraction of sp³-hybridized carbons (Fsp3) is 0.421. The second kappa shape index (κ2) is 8.22. The SMILES string of the molecule is Cc1noc(C)c1COc1cccc(C(=O)N2CCN(CC(N)=O)CC2)c1. The van der Waals surface area contributed by atoms with E-state index in [9.17, 15) is 9.59 Å². The molecule has 3 rings (SSSR count). The Balaban J connectivity index is 1.60. The van der Waals surface area contributed by atoms with Gasteiger partial charge in [-0.05, 0) is 32.0 Å². The number of aromatic nitrogens is 1. The van der Waals surface area contributed by atoms with E-state index in [1.807, 2.05) is 24.8 Å². The largest absolute Gasteiger partial charge is 0.489 e. The Kier molecular flexibility index (Phi) is 5.75. The van der Waals surface area contributed by atoms with Crippen LogP contribution < -0.4 is 10.5 Å². The fourth-order valence-corrected chi connectivity index (χ4v) is 3.09. The summed E-state index contributed by atoms with van der Waals surface area (Å²) in [5.74, 6) is 0.955. The molecule has 2 amide bonds. The van der Waals surface area contributed by atoms with Crippen LogP contribution >= 0.6 is 0 Å². The lowest BCUT2D eigenvalue weighted by Crippen LogP contribution is -2.50. The van der Waals surface area contributed by atoms with E-state index in [2.05, 4.69) is 5.16 Å². The number of piperazine rings is 1. The van der Waals surface area contributed by atoms with Crippen molar-refractivity contribution in [2.45, 2.75) is 20.5 Å². The molecule has 1 aromatic heterocycles. The molecule has 2 N–H and O–H groups in total. The van der Waals surface area contributed by atoms with Gasteiger partial charge in [-0.2, -0.15) is 0 Å². The number of nitrogens with two attached hydrogens (primary N) is 1. The molecule has 1 aliphatic rings. The predicted octanol–water partition coefficient (Wildman–Crippen LogP) is 1.11. The molecule has 0 bridgehead atoms. The summed E-state index contributed by atoms with van der Waals surface area (Å²) < 4.78 is 11.0. The minimum atomic E-state index is -0.349. The molecule has 27 heavy (non-hydrogen) atoms. The topological polar surface area (TPSA) is 102 Å². The normalized spacial score (nSPS) is 15.0. The molecule has 1 saturated heterocycles. The third-order valence-corrected chi connectivity index (χ3v) is 4.68. The van der Waals surface area contributed by atoms with E-state index >= 15 is 0 Å². The summed E-state index contributed by atoms with van der Waals surface area (Å²) in [6.45, 7) is 6.68. The molecule has 8 nitrogen and oxygen atoms in total. The molecule has 144 valence electrons. The first kappa shape index (κ1) is 18.9. The number of rotatable bonds is 6. The van der Waals surface area contributed by atoms with Crippen molar-refractivity contribution in [1.82, 2.24) is 15.0 Å². The van der Waals surface area contributed by atoms with Crippen molar-refractivity contribution in [3.63, 3.8) is 0 Å². The lowest BCUT2D eigenvalue weighted by atomic mass is 10.1. The molecule has 0 unspecified atom stereocenters. The van der Waals surface area contributed by atoms with Gasteiger partial charge in [0.05, 0.1) is 17.8 Å². The highest BCUT2D eigenvalue weighted by atomic mass is 16.5. The summed E-state index contributed by atoms with van der Waals surface area (Å²) >= 11 is 0. The Hall–Kier alpha value is -2.87. The Labute approximate surface area is 157 Å². The van der Waals surface area contributed by atoms with Crippen LogP contribution in [-0.2, 0) is 11.4 Å². The van der Waals surface area contributed by atoms with Gasteiger partial charge in [-0.15, -0.1) is 0 Å². The number of carbonyl (C=O) groups is 2. The van der Waals surface area contributed by atoms with Gasteiger partial charge in [0, 0.05) is 31.7 Å². The highest BCUT2D eigenvalue weighted by molar-refractivity contribution is 5.94. The number of benzene rings is 1. The van der Waals surface area contributed by atoms with E-state index in [4.69, 9.17) is 15.0 Å². The molecular formula is C19H24N4O4. The molecule has 1 fully saturated rings. The summed E-state index contributed by atoms with van der Waals surface area (Å²) in [6, 6.07) is 7.15. The van der Waals surface area contributed by atoms with Gasteiger partial charge < -0.3 is 19.9 Å². The molecule has 0 aliphatic carbocycles. The first-order valence-electron chi connectivity index (χ1n) is 8.88. The second-order valence-corrected chi connectivity index (χ2v) is 6.65. The number of primary amides is 1. The predicted molar refractivity (Wildman–Crippen MR) is 98.3 cm³/mol. The molecule has 1 aromatic carbocycles. The first-order valence-corrected chi connectivity index (χ1v) is 8.88. The van der Waals surface area contributed by atoms with Gasteiger partial charge in [0.25, 0.3) is 5.91 Å². The molecule has 0 radical (unpaired) electrons. The van der Waals surface area contributed by atoms with Crippen molar-refractivity contribution in [2.75, 3.05) is 32.7 Å². The number of amides is 2. The first-order chi connectivity index (χ1) is 12.9.